The van der Waals surface area contributed by atoms with Crippen molar-refractivity contribution in [1.82, 2.24) is 0 Å². The van der Waals surface area contributed by atoms with E-state index in [1.165, 1.54) is 12.2 Å². The molecular formula is C12H13NO2. The zero-order valence-corrected chi connectivity index (χ0v) is 8.22. The van der Waals surface area contributed by atoms with Crippen molar-refractivity contribution in [3.63, 3.8) is 0 Å². The first-order chi connectivity index (χ1) is 7.08. The maximum atomic E-state index is 9.68. The van der Waals surface area contributed by atoms with E-state index in [4.69, 9.17) is 5.73 Å². The Hall–Kier alpha value is -1.58. The maximum absolute atomic E-state index is 9.68. The van der Waals surface area contributed by atoms with Crippen LogP contribution in [0.3, 0.4) is 0 Å². The highest BCUT2D eigenvalue weighted by atomic mass is 16.3. The molecule has 1 aromatic rings. The summed E-state index contributed by atoms with van der Waals surface area (Å²) >= 11 is 0. The molecule has 4 N–H and O–H groups in total. The summed E-state index contributed by atoms with van der Waals surface area (Å²) in [5.41, 5.74) is 5.78. The van der Waals surface area contributed by atoms with Crippen molar-refractivity contribution in [2.45, 2.75) is 12.1 Å². The minimum atomic E-state index is -1.36. The third-order valence-corrected chi connectivity index (χ3v) is 2.42. The Kier molecular flexibility index (Phi) is 2.34. The molecule has 3 nitrogen and oxygen atoms in total. The molecule has 2 rings (SSSR count). The van der Waals surface area contributed by atoms with Gasteiger partial charge < -0.3 is 15.9 Å². The fourth-order valence-corrected chi connectivity index (χ4v) is 1.65. The smallest absolute Gasteiger partial charge is 0.137 e. The molecule has 0 saturated carbocycles. The number of aliphatic hydroxyl groups is 2. The van der Waals surface area contributed by atoms with Crippen LogP contribution >= 0.6 is 0 Å². The summed E-state index contributed by atoms with van der Waals surface area (Å²) in [5.74, 6) is 0.163. The second kappa shape index (κ2) is 3.53. The molecule has 3 heteroatoms. The normalized spacial score (nSPS) is 25.7. The first-order valence-electron chi connectivity index (χ1n) is 4.76. The van der Waals surface area contributed by atoms with Gasteiger partial charge in [0.15, 0.2) is 0 Å². The third kappa shape index (κ3) is 2.09. The molecule has 1 aliphatic rings. The Labute approximate surface area is 88.2 Å². The van der Waals surface area contributed by atoms with Crippen molar-refractivity contribution in [3.05, 3.63) is 53.8 Å². The van der Waals surface area contributed by atoms with Gasteiger partial charge in [-0.05, 0) is 17.7 Å². The number of hydrogen-bond acceptors (Lipinski definition) is 3. The van der Waals surface area contributed by atoms with E-state index in [9.17, 15) is 10.2 Å². The molecule has 1 aliphatic carbocycles. The summed E-state index contributed by atoms with van der Waals surface area (Å²) in [5, 5.41) is 19.4. The quantitative estimate of drug-likeness (QED) is 0.607. The Balaban J connectivity index is 2.41. The molecule has 0 heterocycles. The zero-order valence-electron chi connectivity index (χ0n) is 8.22. The summed E-state index contributed by atoms with van der Waals surface area (Å²) in [4.78, 5) is 0. The highest BCUT2D eigenvalue weighted by Crippen LogP contribution is 2.30. The molecule has 0 aliphatic heterocycles. The lowest BCUT2D eigenvalue weighted by Gasteiger charge is -2.25. The number of rotatable bonds is 1. The van der Waals surface area contributed by atoms with Crippen molar-refractivity contribution in [3.8, 4) is 0 Å². The van der Waals surface area contributed by atoms with Crippen molar-refractivity contribution >= 4 is 5.57 Å². The van der Waals surface area contributed by atoms with Gasteiger partial charge >= 0.3 is 0 Å². The van der Waals surface area contributed by atoms with Gasteiger partial charge in [0.25, 0.3) is 0 Å². The van der Waals surface area contributed by atoms with E-state index in [0.29, 0.717) is 5.57 Å². The molecule has 78 valence electrons. The number of benzene rings is 1. The number of nitrogens with two attached hydrogens (primary N) is 1. The topological polar surface area (TPSA) is 66.5 Å². The zero-order chi connectivity index (χ0) is 10.9. The van der Waals surface area contributed by atoms with Crippen molar-refractivity contribution in [2.75, 3.05) is 0 Å². The van der Waals surface area contributed by atoms with Gasteiger partial charge in [-0.3, -0.25) is 0 Å². The molecular weight excluding hydrogens is 190 g/mol. The Bertz CT molecular complexity index is 419. The molecule has 0 bridgehead atoms. The SMILES string of the molecule is NC1(O)C=CC(O)=C(c2ccccc2)C1. The lowest BCUT2D eigenvalue weighted by atomic mass is 9.91. The molecule has 0 radical (unpaired) electrons. The second-order valence-corrected chi connectivity index (χ2v) is 3.73. The van der Waals surface area contributed by atoms with Gasteiger partial charge in [-0.15, -0.1) is 0 Å². The van der Waals surface area contributed by atoms with Crippen LogP contribution in [0.4, 0.5) is 0 Å². The van der Waals surface area contributed by atoms with E-state index < -0.39 is 5.72 Å². The predicted octanol–water partition coefficient (Wildman–Crippen LogP) is 1.56. The van der Waals surface area contributed by atoms with Crippen LogP contribution in [0.1, 0.15) is 12.0 Å². The molecule has 0 amide bonds. The largest absolute Gasteiger partial charge is 0.508 e. The number of hydrogen-bond donors (Lipinski definition) is 3. The summed E-state index contributed by atoms with van der Waals surface area (Å²) < 4.78 is 0. The molecule has 0 aromatic heterocycles. The fraction of sp³-hybridized carbons (Fsp3) is 0.167. The highest BCUT2D eigenvalue weighted by Gasteiger charge is 2.25. The van der Waals surface area contributed by atoms with E-state index in [-0.39, 0.29) is 12.2 Å². The van der Waals surface area contributed by atoms with Crippen LogP contribution in [0.25, 0.3) is 5.57 Å². The Morgan fingerprint density at radius 2 is 1.87 bits per heavy atom. The Morgan fingerprint density at radius 1 is 1.20 bits per heavy atom. The minimum absolute atomic E-state index is 0.163. The van der Waals surface area contributed by atoms with Crippen LogP contribution in [0.2, 0.25) is 0 Å². The van der Waals surface area contributed by atoms with Gasteiger partial charge in [0, 0.05) is 12.0 Å². The van der Waals surface area contributed by atoms with Crippen molar-refractivity contribution < 1.29 is 10.2 Å². The predicted molar refractivity (Wildman–Crippen MR) is 58.9 cm³/mol. The van der Waals surface area contributed by atoms with E-state index in [0.717, 1.165) is 5.56 Å². The summed E-state index contributed by atoms with van der Waals surface area (Å²) in [7, 11) is 0. The molecule has 15 heavy (non-hydrogen) atoms. The van der Waals surface area contributed by atoms with E-state index in [2.05, 4.69) is 0 Å². The third-order valence-electron chi connectivity index (χ3n) is 2.42. The van der Waals surface area contributed by atoms with Crippen molar-refractivity contribution in [2.24, 2.45) is 5.73 Å². The van der Waals surface area contributed by atoms with E-state index >= 15 is 0 Å². The van der Waals surface area contributed by atoms with Gasteiger partial charge in [-0.1, -0.05) is 30.3 Å². The van der Waals surface area contributed by atoms with Gasteiger partial charge in [-0.2, -0.15) is 0 Å². The summed E-state index contributed by atoms with van der Waals surface area (Å²) in [6, 6.07) is 9.41. The minimum Gasteiger partial charge on any atom is -0.508 e. The van der Waals surface area contributed by atoms with Crippen LogP contribution in [-0.4, -0.2) is 15.9 Å². The molecule has 0 fully saturated rings. The summed E-state index contributed by atoms with van der Waals surface area (Å²) in [6.45, 7) is 0. The maximum Gasteiger partial charge on any atom is 0.137 e. The van der Waals surface area contributed by atoms with Crippen LogP contribution in [0, 0.1) is 0 Å². The number of aliphatic hydroxyl groups excluding tert-OH is 1. The average Bonchev–Trinajstić information content (AvgIpc) is 2.23. The van der Waals surface area contributed by atoms with Gasteiger partial charge in [0.05, 0.1) is 0 Å². The van der Waals surface area contributed by atoms with Gasteiger partial charge in [0.2, 0.25) is 0 Å². The lowest BCUT2D eigenvalue weighted by Crippen LogP contribution is -2.38. The van der Waals surface area contributed by atoms with Crippen LogP contribution in [-0.2, 0) is 0 Å². The molecule has 0 spiro atoms. The lowest BCUT2D eigenvalue weighted by molar-refractivity contribution is 0.101. The summed E-state index contributed by atoms with van der Waals surface area (Å²) in [6.07, 6.45) is 3.06. The first kappa shape index (κ1) is 9.96. The molecule has 1 aromatic carbocycles. The van der Waals surface area contributed by atoms with Crippen molar-refractivity contribution in [1.29, 1.82) is 0 Å². The fourth-order valence-electron chi connectivity index (χ4n) is 1.65. The van der Waals surface area contributed by atoms with E-state index in [1.807, 2.05) is 30.3 Å². The first-order valence-corrected chi connectivity index (χ1v) is 4.76. The monoisotopic (exact) mass is 203 g/mol. The van der Waals surface area contributed by atoms with Crippen LogP contribution in [0.5, 0.6) is 0 Å². The molecule has 1 atom stereocenters. The number of allylic oxidation sites excluding steroid dienone is 1. The highest BCUT2D eigenvalue weighted by molar-refractivity contribution is 5.71. The molecule has 0 saturated heterocycles. The molecule has 1 unspecified atom stereocenters. The van der Waals surface area contributed by atoms with Gasteiger partial charge in [0.1, 0.15) is 11.5 Å². The van der Waals surface area contributed by atoms with Gasteiger partial charge in [-0.25, -0.2) is 0 Å². The van der Waals surface area contributed by atoms with Crippen LogP contribution in [0.15, 0.2) is 48.2 Å². The second-order valence-electron chi connectivity index (χ2n) is 3.73. The Morgan fingerprint density at radius 3 is 2.53 bits per heavy atom. The van der Waals surface area contributed by atoms with E-state index in [1.54, 1.807) is 0 Å². The standard InChI is InChI=1S/C12H13NO2/c13-12(15)7-6-11(14)10(8-12)9-4-2-1-3-5-9/h1-7,14-15H,8,13H2. The average molecular weight is 203 g/mol. The van der Waals surface area contributed by atoms with Crippen LogP contribution < -0.4 is 5.73 Å².